The number of rotatable bonds is 6. The van der Waals surface area contributed by atoms with Crippen molar-refractivity contribution in [3.05, 3.63) is 202 Å². The van der Waals surface area contributed by atoms with Crippen molar-refractivity contribution in [3.8, 4) is 22.3 Å². The second-order valence-corrected chi connectivity index (χ2v) is 12.5. The first kappa shape index (κ1) is 28.0. The number of aryl methyl sites for hydroxylation is 1. The summed E-state index contributed by atoms with van der Waals surface area (Å²) in [5.41, 5.74) is 16.6. The van der Waals surface area contributed by atoms with E-state index in [1.807, 2.05) is 0 Å². The van der Waals surface area contributed by atoms with Crippen molar-refractivity contribution in [2.45, 2.75) is 32.2 Å². The number of allylic oxidation sites excluding steroid dienone is 1. The van der Waals surface area contributed by atoms with Gasteiger partial charge in [0.15, 0.2) is 0 Å². The summed E-state index contributed by atoms with van der Waals surface area (Å²) in [4.78, 5) is 4.97. The van der Waals surface area contributed by atoms with Crippen LogP contribution >= 0.6 is 0 Å². The molecule has 2 atom stereocenters. The van der Waals surface area contributed by atoms with E-state index in [1.54, 1.807) is 0 Å². The van der Waals surface area contributed by atoms with Crippen LogP contribution in [-0.4, -0.2) is 5.84 Å². The van der Waals surface area contributed by atoms with Gasteiger partial charge in [-0.3, -0.25) is 0 Å². The number of nitrogens with zero attached hydrogens (tertiary/aromatic N) is 1. The van der Waals surface area contributed by atoms with Crippen LogP contribution in [0.1, 0.15) is 63.4 Å². The molecule has 2 nitrogen and oxygen atoms in total. The maximum Gasteiger partial charge on any atom is 0.134 e. The number of hydrogen-bond acceptors (Lipinski definition) is 2. The number of nitrogens with one attached hydrogen (secondary N) is 1. The normalized spacial score (nSPS) is 16.6. The molecule has 222 valence electrons. The number of amidine groups is 1. The maximum atomic E-state index is 4.97. The van der Waals surface area contributed by atoms with E-state index in [0.717, 1.165) is 23.5 Å². The number of benzene rings is 6. The summed E-state index contributed by atoms with van der Waals surface area (Å²) in [6.45, 7) is 4.28. The van der Waals surface area contributed by atoms with Crippen LogP contribution in [0.2, 0.25) is 0 Å². The van der Waals surface area contributed by atoms with Gasteiger partial charge in [0.25, 0.3) is 0 Å². The Labute approximate surface area is 271 Å². The molecule has 0 aromatic heterocycles. The molecule has 2 aliphatic rings. The second kappa shape index (κ2) is 11.8. The minimum atomic E-state index is 0.0541. The lowest BCUT2D eigenvalue weighted by atomic mass is 9.89. The average Bonchev–Trinajstić information content (AvgIpc) is 3.43. The van der Waals surface area contributed by atoms with Crippen LogP contribution in [0.5, 0.6) is 0 Å². The first-order valence-electron chi connectivity index (χ1n) is 16.2. The molecular formula is C44H36N2. The molecule has 8 rings (SSSR count). The van der Waals surface area contributed by atoms with Gasteiger partial charge in [-0.2, -0.15) is 0 Å². The van der Waals surface area contributed by atoms with Crippen LogP contribution in [0.15, 0.2) is 162 Å². The largest absolute Gasteiger partial charge is 0.359 e. The first-order chi connectivity index (χ1) is 22.6. The zero-order valence-electron chi connectivity index (χ0n) is 26.2. The summed E-state index contributed by atoms with van der Waals surface area (Å²) in [7, 11) is 0. The van der Waals surface area contributed by atoms with E-state index in [0.29, 0.717) is 0 Å². The van der Waals surface area contributed by atoms with Crippen molar-refractivity contribution in [2.75, 3.05) is 0 Å². The smallest absolute Gasteiger partial charge is 0.134 e. The van der Waals surface area contributed by atoms with E-state index < -0.39 is 0 Å². The highest BCUT2D eigenvalue weighted by Crippen LogP contribution is 2.48. The van der Waals surface area contributed by atoms with Gasteiger partial charge >= 0.3 is 0 Å². The summed E-state index contributed by atoms with van der Waals surface area (Å²) in [6.07, 6.45) is 3.12. The number of hydrogen-bond donors (Lipinski definition) is 1. The van der Waals surface area contributed by atoms with E-state index in [2.05, 4.69) is 171 Å². The summed E-state index contributed by atoms with van der Waals surface area (Å²) < 4.78 is 0. The Morgan fingerprint density at radius 1 is 0.565 bits per heavy atom. The monoisotopic (exact) mass is 592 g/mol. The van der Waals surface area contributed by atoms with Crippen molar-refractivity contribution in [1.29, 1.82) is 0 Å². The quantitative estimate of drug-likeness (QED) is 0.204. The highest BCUT2D eigenvalue weighted by molar-refractivity contribution is 6.02. The highest BCUT2D eigenvalue weighted by Gasteiger charge is 2.30. The predicted octanol–water partition coefficient (Wildman–Crippen LogP) is 10.4. The molecule has 46 heavy (non-hydrogen) atoms. The van der Waals surface area contributed by atoms with Gasteiger partial charge in [-0.05, 0) is 93.6 Å². The van der Waals surface area contributed by atoms with E-state index in [1.165, 1.54) is 61.2 Å². The lowest BCUT2D eigenvalue weighted by Gasteiger charge is -2.24. The van der Waals surface area contributed by atoms with Gasteiger partial charge in [0.05, 0.1) is 6.04 Å². The van der Waals surface area contributed by atoms with Crippen LogP contribution in [0.3, 0.4) is 0 Å². The van der Waals surface area contributed by atoms with Gasteiger partial charge < -0.3 is 5.32 Å². The molecule has 0 radical (unpaired) electrons. The van der Waals surface area contributed by atoms with Crippen molar-refractivity contribution < 1.29 is 0 Å². The molecule has 1 aliphatic carbocycles. The summed E-state index contributed by atoms with van der Waals surface area (Å²) in [5.74, 6) is 1.17. The molecular weight excluding hydrogens is 556 g/mol. The Hall–Kier alpha value is -5.47. The molecule has 1 aliphatic heterocycles. The highest BCUT2D eigenvalue weighted by atomic mass is 15.0. The van der Waals surface area contributed by atoms with Gasteiger partial charge in [-0.25, -0.2) is 4.99 Å². The number of fused-ring (bicyclic) bond motifs is 3. The third kappa shape index (κ3) is 5.16. The van der Waals surface area contributed by atoms with Gasteiger partial charge in [0.2, 0.25) is 0 Å². The second-order valence-electron chi connectivity index (χ2n) is 12.5. The summed E-state index contributed by atoms with van der Waals surface area (Å²) in [6, 6.07) is 53.1. The van der Waals surface area contributed by atoms with Crippen LogP contribution in [0, 0.1) is 6.92 Å². The average molecular weight is 593 g/mol. The zero-order chi connectivity index (χ0) is 31.0. The van der Waals surface area contributed by atoms with Crippen molar-refractivity contribution in [3.63, 3.8) is 0 Å². The Morgan fingerprint density at radius 3 is 2.04 bits per heavy atom. The van der Waals surface area contributed by atoms with E-state index >= 15 is 0 Å². The van der Waals surface area contributed by atoms with Gasteiger partial charge in [0, 0.05) is 17.2 Å². The molecule has 1 heterocycles. The predicted molar refractivity (Wildman–Crippen MR) is 191 cm³/mol. The third-order valence-electron chi connectivity index (χ3n) is 9.51. The molecule has 0 fully saturated rings. The van der Waals surface area contributed by atoms with Crippen LogP contribution < -0.4 is 5.32 Å². The minimum absolute atomic E-state index is 0.0541. The lowest BCUT2D eigenvalue weighted by molar-refractivity contribution is 0.764. The Kier molecular flexibility index (Phi) is 7.19. The van der Waals surface area contributed by atoms with Crippen molar-refractivity contribution >= 4 is 5.84 Å². The van der Waals surface area contributed by atoms with Crippen LogP contribution in [-0.2, 0) is 6.42 Å². The lowest BCUT2D eigenvalue weighted by Crippen LogP contribution is -2.31. The summed E-state index contributed by atoms with van der Waals surface area (Å²) >= 11 is 0. The SMILES string of the molecule is CC1=CC(c2ccc(Cc3ccccc3-c3ccccc3C)cc2)NC(c2ccc3c(c2)-c2ccccc2C3c2ccccc2)=N1. The van der Waals surface area contributed by atoms with Crippen molar-refractivity contribution in [1.82, 2.24) is 5.32 Å². The van der Waals surface area contributed by atoms with E-state index in [4.69, 9.17) is 4.99 Å². The number of aliphatic imine (C=N–C) groups is 1. The van der Waals surface area contributed by atoms with E-state index in [-0.39, 0.29) is 12.0 Å². The van der Waals surface area contributed by atoms with Gasteiger partial charge in [0.1, 0.15) is 5.84 Å². The molecule has 6 aromatic rings. The zero-order valence-corrected chi connectivity index (χ0v) is 26.2. The molecule has 2 heteroatoms. The third-order valence-corrected chi connectivity index (χ3v) is 9.51. The van der Waals surface area contributed by atoms with Crippen LogP contribution in [0.25, 0.3) is 22.3 Å². The minimum Gasteiger partial charge on any atom is -0.359 e. The first-order valence-corrected chi connectivity index (χ1v) is 16.2. The maximum absolute atomic E-state index is 4.97. The molecule has 0 saturated carbocycles. The van der Waals surface area contributed by atoms with Crippen molar-refractivity contribution in [2.24, 2.45) is 4.99 Å². The standard InChI is InChI=1S/C44H36N2/c1-29-12-6-8-16-36(29)37-17-9-7-15-34(37)27-31-20-22-32(23-21-31)42-26-30(2)45-44(46-42)35-24-25-40-41(28-35)38-18-10-11-19-39(38)43(40)33-13-4-3-5-14-33/h3-26,28,42-43H,27H2,1-2H3,(H,45,46). The fourth-order valence-electron chi connectivity index (χ4n) is 7.23. The molecule has 1 N–H and O–H groups in total. The molecule has 2 unspecified atom stereocenters. The van der Waals surface area contributed by atoms with E-state index in [9.17, 15) is 0 Å². The molecule has 0 amide bonds. The molecule has 0 bridgehead atoms. The molecule has 6 aromatic carbocycles. The van der Waals surface area contributed by atoms with Crippen LogP contribution in [0.4, 0.5) is 0 Å². The Bertz CT molecular complexity index is 2120. The van der Waals surface area contributed by atoms with Gasteiger partial charge in [-0.15, -0.1) is 0 Å². The van der Waals surface area contributed by atoms with Gasteiger partial charge in [-0.1, -0.05) is 140 Å². The fourth-order valence-corrected chi connectivity index (χ4v) is 7.23. The fraction of sp³-hybridized carbons (Fsp3) is 0.114. The molecule has 0 saturated heterocycles. The molecule has 0 spiro atoms. The topological polar surface area (TPSA) is 24.4 Å². The Balaban J connectivity index is 1.05. The Morgan fingerprint density at radius 2 is 1.24 bits per heavy atom. The summed E-state index contributed by atoms with van der Waals surface area (Å²) in [5, 5.41) is 3.75.